The van der Waals surface area contributed by atoms with E-state index in [4.69, 9.17) is 4.74 Å². The molecule has 0 unspecified atom stereocenters. The van der Waals surface area contributed by atoms with Crippen LogP contribution >= 0.6 is 0 Å². The molecule has 1 heterocycles. The molecule has 0 radical (unpaired) electrons. The summed E-state index contributed by atoms with van der Waals surface area (Å²) in [5.41, 5.74) is 2.52. The van der Waals surface area contributed by atoms with E-state index in [2.05, 4.69) is 16.6 Å². The average molecular weight is 640 g/mol. The SMILES string of the molecule is CCCCCc1ccc(-c2ccc(-c3ccc(C(F)(F)Oc4ccc(-c5ccc(OC(F)(F)F)cc5)c(F)c4)cc3)c(F)c2)nc1. The van der Waals surface area contributed by atoms with Crippen LogP contribution in [-0.4, -0.2) is 11.3 Å². The second-order valence-corrected chi connectivity index (χ2v) is 10.6. The fourth-order valence-corrected chi connectivity index (χ4v) is 4.91. The predicted octanol–water partition coefficient (Wildman–Crippen LogP) is 11.1. The Bertz CT molecular complexity index is 1770. The number of unbranched alkanes of at least 4 members (excludes halogenated alkanes) is 2. The van der Waals surface area contributed by atoms with Gasteiger partial charge in [-0.2, -0.15) is 8.78 Å². The van der Waals surface area contributed by atoms with Crippen molar-refractivity contribution >= 4 is 0 Å². The van der Waals surface area contributed by atoms with Gasteiger partial charge in [0.15, 0.2) is 0 Å². The Hall–Kier alpha value is -4.86. The number of benzene rings is 4. The highest BCUT2D eigenvalue weighted by atomic mass is 19.4. The minimum Gasteiger partial charge on any atom is -0.429 e. The van der Waals surface area contributed by atoms with E-state index in [0.29, 0.717) is 16.8 Å². The summed E-state index contributed by atoms with van der Waals surface area (Å²) in [4.78, 5) is 4.46. The number of halogens is 7. The Morgan fingerprint density at radius 2 is 1.20 bits per heavy atom. The number of rotatable bonds is 11. The molecule has 0 spiro atoms. The molecule has 1 aromatic heterocycles. The molecule has 0 bridgehead atoms. The maximum absolute atomic E-state index is 15.1. The second kappa shape index (κ2) is 13.6. The van der Waals surface area contributed by atoms with Crippen molar-refractivity contribution in [3.8, 4) is 45.0 Å². The van der Waals surface area contributed by atoms with Crippen LogP contribution in [0.2, 0.25) is 0 Å². The molecule has 3 nitrogen and oxygen atoms in total. The van der Waals surface area contributed by atoms with Crippen molar-refractivity contribution in [3.05, 3.63) is 126 Å². The maximum atomic E-state index is 15.1. The number of aryl methyl sites for hydroxylation is 1. The molecule has 0 atom stereocenters. The van der Waals surface area contributed by atoms with Gasteiger partial charge in [-0.1, -0.05) is 62.2 Å². The fraction of sp³-hybridized carbons (Fsp3) is 0.194. The third-order valence-corrected chi connectivity index (χ3v) is 7.28. The highest BCUT2D eigenvalue weighted by molar-refractivity contribution is 5.70. The molecule has 0 aliphatic rings. The summed E-state index contributed by atoms with van der Waals surface area (Å²) in [6.07, 6.45) is -2.66. The lowest BCUT2D eigenvalue weighted by atomic mass is 10.00. The van der Waals surface area contributed by atoms with Crippen molar-refractivity contribution < 1.29 is 40.2 Å². The first kappa shape index (κ1) is 32.5. The summed E-state index contributed by atoms with van der Waals surface area (Å²) in [6, 6.07) is 20.8. The first-order valence-electron chi connectivity index (χ1n) is 14.5. The quantitative estimate of drug-likeness (QED) is 0.106. The standard InChI is InChI=1S/C36H28F7NO2/c1-2-3-4-5-23-6-19-34(44-22-23)26-11-17-30(32(37)20-26)24-7-12-27(13-8-24)35(39,40)45-29-16-18-31(33(38)21-29)25-9-14-28(15-10-25)46-36(41,42)43/h6-22H,2-5H2,1H3. The molecule has 0 saturated carbocycles. The molecule has 0 amide bonds. The van der Waals surface area contributed by atoms with Crippen molar-refractivity contribution in [2.75, 3.05) is 0 Å². The van der Waals surface area contributed by atoms with Gasteiger partial charge in [0.1, 0.15) is 23.1 Å². The van der Waals surface area contributed by atoms with Gasteiger partial charge in [0.2, 0.25) is 0 Å². The van der Waals surface area contributed by atoms with Crippen LogP contribution in [-0.2, 0) is 12.5 Å². The van der Waals surface area contributed by atoms with E-state index >= 15 is 13.2 Å². The minimum atomic E-state index is -4.88. The Labute approximate surface area is 261 Å². The largest absolute Gasteiger partial charge is 0.573 e. The Morgan fingerprint density at radius 3 is 1.76 bits per heavy atom. The molecule has 0 aliphatic carbocycles. The van der Waals surface area contributed by atoms with Crippen LogP contribution in [0.3, 0.4) is 0 Å². The summed E-state index contributed by atoms with van der Waals surface area (Å²) in [6.45, 7) is 2.14. The molecule has 46 heavy (non-hydrogen) atoms. The Kier molecular flexibility index (Phi) is 9.65. The fourth-order valence-electron chi connectivity index (χ4n) is 4.91. The van der Waals surface area contributed by atoms with E-state index in [1.807, 2.05) is 12.1 Å². The van der Waals surface area contributed by atoms with E-state index < -0.39 is 41.2 Å². The Balaban J connectivity index is 1.25. The van der Waals surface area contributed by atoms with Crippen LogP contribution in [0.4, 0.5) is 30.7 Å². The number of aromatic nitrogens is 1. The summed E-state index contributed by atoms with van der Waals surface area (Å²) in [5.74, 6) is -2.43. The van der Waals surface area contributed by atoms with Gasteiger partial charge in [-0.3, -0.25) is 4.98 Å². The Morgan fingerprint density at radius 1 is 0.609 bits per heavy atom. The zero-order valence-corrected chi connectivity index (χ0v) is 24.6. The summed E-state index contributed by atoms with van der Waals surface area (Å²) in [5, 5.41) is 0. The topological polar surface area (TPSA) is 31.4 Å². The van der Waals surface area contributed by atoms with E-state index in [9.17, 15) is 17.6 Å². The highest BCUT2D eigenvalue weighted by Gasteiger charge is 2.35. The molecular weight excluding hydrogens is 611 g/mol. The predicted molar refractivity (Wildman–Crippen MR) is 161 cm³/mol. The molecule has 238 valence electrons. The average Bonchev–Trinajstić information content (AvgIpc) is 3.01. The van der Waals surface area contributed by atoms with Crippen molar-refractivity contribution in [1.29, 1.82) is 0 Å². The number of pyridine rings is 1. The van der Waals surface area contributed by atoms with Crippen LogP contribution in [0.25, 0.3) is 33.5 Å². The molecule has 5 aromatic rings. The van der Waals surface area contributed by atoms with Crippen LogP contribution in [0.1, 0.15) is 37.3 Å². The van der Waals surface area contributed by atoms with Gasteiger partial charge < -0.3 is 9.47 Å². The van der Waals surface area contributed by atoms with E-state index in [1.165, 1.54) is 36.4 Å². The second-order valence-electron chi connectivity index (χ2n) is 10.6. The zero-order valence-electron chi connectivity index (χ0n) is 24.6. The van der Waals surface area contributed by atoms with E-state index in [1.54, 1.807) is 18.3 Å². The number of ether oxygens (including phenoxy) is 2. The molecule has 5 rings (SSSR count). The first-order valence-corrected chi connectivity index (χ1v) is 14.5. The minimum absolute atomic E-state index is 0.0400. The van der Waals surface area contributed by atoms with Crippen LogP contribution < -0.4 is 9.47 Å². The van der Waals surface area contributed by atoms with E-state index in [-0.39, 0.29) is 16.7 Å². The van der Waals surface area contributed by atoms with Gasteiger partial charge in [0, 0.05) is 29.0 Å². The van der Waals surface area contributed by atoms with Gasteiger partial charge >= 0.3 is 12.5 Å². The monoisotopic (exact) mass is 639 g/mol. The van der Waals surface area contributed by atoms with Gasteiger partial charge in [-0.15, -0.1) is 13.2 Å². The van der Waals surface area contributed by atoms with Crippen LogP contribution in [0.15, 0.2) is 103 Å². The summed E-state index contributed by atoms with van der Waals surface area (Å²) < 4.78 is 106. The number of hydrogen-bond donors (Lipinski definition) is 0. The first-order chi connectivity index (χ1) is 21.9. The molecular formula is C36H28F7NO2. The van der Waals surface area contributed by atoms with Crippen molar-refractivity contribution in [2.45, 2.75) is 45.1 Å². The molecule has 0 saturated heterocycles. The lowest BCUT2D eigenvalue weighted by molar-refractivity contribution is -0.274. The molecule has 0 fully saturated rings. The molecule has 0 N–H and O–H groups in total. The summed E-state index contributed by atoms with van der Waals surface area (Å²) in [7, 11) is 0. The summed E-state index contributed by atoms with van der Waals surface area (Å²) >= 11 is 0. The normalized spacial score (nSPS) is 11.8. The lowest BCUT2D eigenvalue weighted by Gasteiger charge is -2.19. The number of nitrogens with zero attached hydrogens (tertiary/aromatic N) is 1. The van der Waals surface area contributed by atoms with Gasteiger partial charge in [-0.05, 0) is 78.1 Å². The van der Waals surface area contributed by atoms with Gasteiger partial charge in [0.05, 0.1) is 11.3 Å². The van der Waals surface area contributed by atoms with Crippen molar-refractivity contribution in [1.82, 2.24) is 4.98 Å². The van der Waals surface area contributed by atoms with Gasteiger partial charge in [-0.25, -0.2) is 8.78 Å². The smallest absolute Gasteiger partial charge is 0.429 e. The third kappa shape index (κ3) is 8.04. The van der Waals surface area contributed by atoms with Crippen LogP contribution in [0.5, 0.6) is 11.5 Å². The molecule has 4 aromatic carbocycles. The zero-order chi connectivity index (χ0) is 32.9. The van der Waals surface area contributed by atoms with Crippen LogP contribution in [0, 0.1) is 11.6 Å². The lowest BCUT2D eigenvalue weighted by Crippen LogP contribution is -2.21. The maximum Gasteiger partial charge on any atom is 0.573 e. The number of alkyl halides is 5. The molecule has 10 heteroatoms. The van der Waals surface area contributed by atoms with Gasteiger partial charge in [0.25, 0.3) is 0 Å². The third-order valence-electron chi connectivity index (χ3n) is 7.28. The van der Waals surface area contributed by atoms with Crippen molar-refractivity contribution in [2.24, 2.45) is 0 Å². The highest BCUT2D eigenvalue weighted by Crippen LogP contribution is 2.36. The number of hydrogen-bond acceptors (Lipinski definition) is 3. The van der Waals surface area contributed by atoms with E-state index in [0.717, 1.165) is 67.6 Å². The molecule has 0 aliphatic heterocycles. The van der Waals surface area contributed by atoms with Crippen molar-refractivity contribution in [3.63, 3.8) is 0 Å².